The van der Waals surface area contributed by atoms with Crippen LogP contribution in [0.3, 0.4) is 0 Å². The van der Waals surface area contributed by atoms with Gasteiger partial charge in [-0.15, -0.1) is 0 Å². The second kappa shape index (κ2) is 10.8. The fraction of sp³-hybridized carbons (Fsp3) is 0.346. The Morgan fingerprint density at radius 2 is 1.65 bits per heavy atom. The maximum atomic E-state index is 11.9. The van der Waals surface area contributed by atoms with Gasteiger partial charge in [-0.3, -0.25) is 5.43 Å². The Kier molecular flexibility index (Phi) is 8.46. The molecule has 1 aliphatic heterocycles. The molecule has 2 N–H and O–H groups in total. The van der Waals surface area contributed by atoms with Gasteiger partial charge in [-0.25, -0.2) is 10.2 Å². The summed E-state index contributed by atoms with van der Waals surface area (Å²) in [7, 11) is 1.34. The SMILES string of the molecule is CC.CC.COC(=O)NNC1(c2ccccc2)C2=CC=CCC2(C)Oc2ccccc21. The molecule has 31 heavy (non-hydrogen) atoms. The minimum absolute atomic E-state index is 0.538. The van der Waals surface area contributed by atoms with Crippen molar-refractivity contribution in [2.45, 2.75) is 52.2 Å². The molecule has 2 aliphatic rings. The summed E-state index contributed by atoms with van der Waals surface area (Å²) in [5, 5.41) is 0. The number of hydrogen-bond acceptors (Lipinski definition) is 4. The van der Waals surface area contributed by atoms with Gasteiger partial charge in [0.25, 0.3) is 0 Å². The van der Waals surface area contributed by atoms with Crippen LogP contribution in [0.4, 0.5) is 4.79 Å². The number of hydrogen-bond donors (Lipinski definition) is 2. The van der Waals surface area contributed by atoms with E-state index in [1.807, 2.05) is 88.4 Å². The molecule has 0 fully saturated rings. The lowest BCUT2D eigenvalue weighted by molar-refractivity contribution is 0.0843. The molecule has 166 valence electrons. The molecule has 2 aromatic rings. The Balaban J connectivity index is 0.000000807. The average molecular weight is 423 g/mol. The second-order valence-electron chi connectivity index (χ2n) is 6.90. The van der Waals surface area contributed by atoms with Crippen molar-refractivity contribution in [2.24, 2.45) is 0 Å². The number of fused-ring (bicyclic) bond motifs is 2. The van der Waals surface area contributed by atoms with E-state index in [1.165, 1.54) is 7.11 Å². The number of allylic oxidation sites excluding steroid dienone is 2. The van der Waals surface area contributed by atoms with Gasteiger partial charge in [0.1, 0.15) is 16.9 Å². The largest absolute Gasteiger partial charge is 0.482 e. The molecule has 5 nitrogen and oxygen atoms in total. The molecule has 2 unspecified atom stereocenters. The van der Waals surface area contributed by atoms with Gasteiger partial charge >= 0.3 is 6.09 Å². The van der Waals surface area contributed by atoms with Gasteiger partial charge in [-0.1, -0.05) is 94.5 Å². The van der Waals surface area contributed by atoms with Gasteiger partial charge in [-0.05, 0) is 18.6 Å². The van der Waals surface area contributed by atoms with Gasteiger partial charge in [0, 0.05) is 17.6 Å². The molecule has 0 saturated carbocycles. The summed E-state index contributed by atoms with van der Waals surface area (Å²) in [4.78, 5) is 11.9. The number of methoxy groups -OCH3 is 1. The highest BCUT2D eigenvalue weighted by atomic mass is 16.5. The molecule has 1 aliphatic carbocycles. The van der Waals surface area contributed by atoms with Crippen molar-refractivity contribution in [3.8, 4) is 5.75 Å². The molecule has 1 heterocycles. The predicted octanol–water partition coefficient (Wildman–Crippen LogP) is 5.88. The number of nitrogens with one attached hydrogen (secondary N) is 2. The Morgan fingerprint density at radius 3 is 2.32 bits per heavy atom. The third kappa shape index (κ3) is 4.52. The summed E-state index contributed by atoms with van der Waals surface area (Å²) in [6, 6.07) is 18.0. The lowest BCUT2D eigenvalue weighted by Crippen LogP contribution is -2.61. The summed E-state index contributed by atoms with van der Waals surface area (Å²) in [6.45, 7) is 10.1. The van der Waals surface area contributed by atoms with E-state index >= 15 is 0 Å². The van der Waals surface area contributed by atoms with E-state index in [9.17, 15) is 4.79 Å². The minimum Gasteiger partial charge on any atom is -0.482 e. The molecule has 1 amide bonds. The first-order valence-corrected chi connectivity index (χ1v) is 10.9. The maximum absolute atomic E-state index is 11.9. The molecular formula is C26H34N2O3. The zero-order valence-corrected chi connectivity index (χ0v) is 19.4. The van der Waals surface area contributed by atoms with Gasteiger partial charge in [-0.2, -0.15) is 0 Å². The van der Waals surface area contributed by atoms with Crippen molar-refractivity contribution in [3.63, 3.8) is 0 Å². The predicted molar refractivity (Wildman–Crippen MR) is 126 cm³/mol. The van der Waals surface area contributed by atoms with Gasteiger partial charge in [0.05, 0.1) is 7.11 Å². The summed E-state index contributed by atoms with van der Waals surface area (Å²) < 4.78 is 11.2. The Hall–Kier alpha value is -3.05. The second-order valence-corrected chi connectivity index (χ2v) is 6.90. The summed E-state index contributed by atoms with van der Waals surface area (Å²) in [5.74, 6) is 0.787. The molecule has 5 heteroatoms. The molecule has 2 atom stereocenters. The van der Waals surface area contributed by atoms with E-state index in [0.29, 0.717) is 0 Å². The number of rotatable bonds is 3. The third-order valence-electron chi connectivity index (χ3n) is 5.25. The first-order valence-electron chi connectivity index (χ1n) is 10.9. The number of ether oxygens (including phenoxy) is 2. The first kappa shape index (κ1) is 24.2. The molecule has 0 aromatic heterocycles. The first-order chi connectivity index (χ1) is 15.1. The standard InChI is InChI=1S/C22H22N2O3.2C2H6/c1-21-15-9-8-14-19(21)22(24-23-20(25)26-2,16-10-4-3-5-11-16)17-12-6-7-13-18(17)27-21;2*1-2/h3-14,24H,15H2,1-2H3,(H,23,25);2*1-2H3. The molecular weight excluding hydrogens is 388 g/mol. The molecule has 0 bridgehead atoms. The lowest BCUT2D eigenvalue weighted by atomic mass is 9.67. The smallest absolute Gasteiger partial charge is 0.421 e. The number of carbonyl (C=O) groups excluding carboxylic acids is 1. The maximum Gasteiger partial charge on any atom is 0.421 e. The number of amides is 1. The van der Waals surface area contributed by atoms with Crippen LogP contribution in [-0.2, 0) is 10.3 Å². The summed E-state index contributed by atoms with van der Waals surface area (Å²) >= 11 is 0. The number of benzene rings is 2. The molecule has 0 spiro atoms. The van der Waals surface area contributed by atoms with Gasteiger partial charge in [0.15, 0.2) is 0 Å². The summed E-state index contributed by atoms with van der Waals surface area (Å²) in [6.07, 6.45) is 6.38. The molecule has 0 saturated heterocycles. The highest BCUT2D eigenvalue weighted by molar-refractivity contribution is 5.67. The Morgan fingerprint density at radius 1 is 1.00 bits per heavy atom. The van der Waals surface area contributed by atoms with Crippen molar-refractivity contribution in [1.29, 1.82) is 0 Å². The van der Waals surface area contributed by atoms with Crippen LogP contribution in [0.1, 0.15) is 52.2 Å². The quantitative estimate of drug-likeness (QED) is 0.606. The van der Waals surface area contributed by atoms with Crippen LogP contribution < -0.4 is 15.6 Å². The van der Waals surface area contributed by atoms with E-state index in [2.05, 4.69) is 29.9 Å². The number of carbonyl (C=O) groups is 1. The Bertz CT molecular complexity index is 923. The van der Waals surface area contributed by atoms with Crippen molar-refractivity contribution in [2.75, 3.05) is 7.11 Å². The number of para-hydroxylation sites is 1. The molecule has 4 rings (SSSR count). The van der Waals surface area contributed by atoms with E-state index < -0.39 is 17.2 Å². The highest BCUT2D eigenvalue weighted by Gasteiger charge is 2.53. The van der Waals surface area contributed by atoms with Crippen LogP contribution in [0, 0.1) is 0 Å². The molecule has 0 radical (unpaired) electrons. The van der Waals surface area contributed by atoms with Crippen molar-refractivity contribution in [1.82, 2.24) is 10.9 Å². The monoisotopic (exact) mass is 422 g/mol. The Labute approximate surface area is 186 Å². The highest BCUT2D eigenvalue weighted by Crippen LogP contribution is 2.52. The normalized spacial score (nSPS) is 22.6. The number of hydrazine groups is 1. The topological polar surface area (TPSA) is 59.6 Å². The lowest BCUT2D eigenvalue weighted by Gasteiger charge is -2.50. The van der Waals surface area contributed by atoms with E-state index in [1.54, 1.807) is 0 Å². The van der Waals surface area contributed by atoms with Crippen LogP contribution in [0.5, 0.6) is 5.75 Å². The van der Waals surface area contributed by atoms with Crippen molar-refractivity contribution >= 4 is 6.09 Å². The minimum atomic E-state index is -0.788. The van der Waals surface area contributed by atoms with Crippen molar-refractivity contribution < 1.29 is 14.3 Å². The fourth-order valence-corrected chi connectivity index (χ4v) is 4.02. The zero-order valence-electron chi connectivity index (χ0n) is 19.4. The van der Waals surface area contributed by atoms with Crippen LogP contribution >= 0.6 is 0 Å². The molecule has 2 aromatic carbocycles. The fourth-order valence-electron chi connectivity index (χ4n) is 4.02. The zero-order chi connectivity index (χ0) is 22.9. The van der Waals surface area contributed by atoms with Crippen LogP contribution in [-0.4, -0.2) is 18.8 Å². The van der Waals surface area contributed by atoms with E-state index in [0.717, 1.165) is 28.9 Å². The van der Waals surface area contributed by atoms with Crippen LogP contribution in [0.25, 0.3) is 0 Å². The van der Waals surface area contributed by atoms with E-state index in [4.69, 9.17) is 9.47 Å². The third-order valence-corrected chi connectivity index (χ3v) is 5.25. The van der Waals surface area contributed by atoms with Gasteiger partial charge in [0.2, 0.25) is 0 Å². The van der Waals surface area contributed by atoms with E-state index in [-0.39, 0.29) is 0 Å². The van der Waals surface area contributed by atoms with Crippen LogP contribution in [0.15, 0.2) is 78.4 Å². The summed E-state index contributed by atoms with van der Waals surface area (Å²) in [5.41, 5.74) is 7.62. The van der Waals surface area contributed by atoms with Gasteiger partial charge < -0.3 is 9.47 Å². The average Bonchev–Trinajstić information content (AvgIpc) is 2.84. The van der Waals surface area contributed by atoms with Crippen molar-refractivity contribution in [3.05, 3.63) is 89.5 Å². The van der Waals surface area contributed by atoms with Crippen LogP contribution in [0.2, 0.25) is 0 Å².